The highest BCUT2D eigenvalue weighted by atomic mass is 16.2. The smallest absolute Gasteiger partial charge is 0.271 e. The van der Waals surface area contributed by atoms with Gasteiger partial charge in [-0.3, -0.25) is 9.59 Å². The summed E-state index contributed by atoms with van der Waals surface area (Å²) in [5, 5.41) is 6.91. The number of nitrogens with zero attached hydrogens (tertiary/aromatic N) is 1. The maximum atomic E-state index is 12.5. The highest BCUT2D eigenvalue weighted by Gasteiger charge is 2.14. The first kappa shape index (κ1) is 22.9. The third kappa shape index (κ3) is 5.91. The van der Waals surface area contributed by atoms with Gasteiger partial charge in [-0.25, -0.2) is 5.43 Å². The van der Waals surface area contributed by atoms with Crippen molar-refractivity contribution in [3.63, 3.8) is 0 Å². The topological polar surface area (TPSA) is 70.6 Å². The average Bonchev–Trinajstić information content (AvgIpc) is 2.75. The molecule has 0 saturated carbocycles. The minimum atomic E-state index is -0.318. The summed E-state index contributed by atoms with van der Waals surface area (Å²) >= 11 is 0. The van der Waals surface area contributed by atoms with E-state index in [2.05, 4.69) is 42.7 Å². The van der Waals surface area contributed by atoms with Crippen LogP contribution in [0.15, 0.2) is 71.8 Å². The van der Waals surface area contributed by atoms with Gasteiger partial charge in [-0.2, -0.15) is 5.10 Å². The fourth-order valence-corrected chi connectivity index (χ4v) is 3.23. The predicted octanol–water partition coefficient (Wildman–Crippen LogP) is 5.62. The number of aryl methyl sites for hydroxylation is 2. The molecule has 0 spiro atoms. The standard InChI is InChI=1S/C27H29N3O2/c1-18-6-7-22(19(2)16-18)17-28-30-26(32)21-10-14-24(15-11-21)29-25(31)20-8-12-23(13-9-20)27(3,4)5/h6-17H,1-5H3,(H,29,31)(H,30,32)/b28-17+. The van der Waals surface area contributed by atoms with E-state index >= 15 is 0 Å². The Morgan fingerprint density at radius 2 is 1.41 bits per heavy atom. The summed E-state index contributed by atoms with van der Waals surface area (Å²) in [6.07, 6.45) is 1.63. The fraction of sp³-hybridized carbons (Fsp3) is 0.222. The number of anilines is 1. The minimum absolute atomic E-state index is 0.0361. The molecular formula is C27H29N3O2. The molecule has 0 atom stereocenters. The van der Waals surface area contributed by atoms with E-state index in [-0.39, 0.29) is 17.2 Å². The van der Waals surface area contributed by atoms with Gasteiger partial charge in [-0.05, 0) is 72.4 Å². The van der Waals surface area contributed by atoms with Gasteiger partial charge in [0.25, 0.3) is 11.8 Å². The Bertz CT molecular complexity index is 1140. The molecule has 0 aromatic heterocycles. The van der Waals surface area contributed by atoms with Crippen molar-refractivity contribution in [1.82, 2.24) is 5.43 Å². The molecule has 0 radical (unpaired) electrons. The lowest BCUT2D eigenvalue weighted by Gasteiger charge is -2.19. The third-order valence-corrected chi connectivity index (χ3v) is 5.21. The molecule has 0 unspecified atom stereocenters. The number of carbonyl (C=O) groups excluding carboxylic acids is 2. The van der Waals surface area contributed by atoms with Crippen molar-refractivity contribution >= 4 is 23.7 Å². The van der Waals surface area contributed by atoms with E-state index in [9.17, 15) is 9.59 Å². The van der Waals surface area contributed by atoms with Gasteiger partial charge in [0.15, 0.2) is 0 Å². The lowest BCUT2D eigenvalue weighted by atomic mass is 9.87. The van der Waals surface area contributed by atoms with Crippen molar-refractivity contribution in [2.45, 2.75) is 40.0 Å². The Labute approximate surface area is 189 Å². The molecule has 0 heterocycles. The Kier molecular flexibility index (Phi) is 6.89. The second-order valence-corrected chi connectivity index (χ2v) is 8.92. The van der Waals surface area contributed by atoms with Crippen LogP contribution in [0.4, 0.5) is 5.69 Å². The summed E-state index contributed by atoms with van der Waals surface area (Å²) in [5.74, 6) is -0.512. The number of carbonyl (C=O) groups is 2. The molecule has 2 N–H and O–H groups in total. The second-order valence-electron chi connectivity index (χ2n) is 8.92. The summed E-state index contributed by atoms with van der Waals surface area (Å²) in [6, 6.07) is 20.3. The van der Waals surface area contributed by atoms with Crippen LogP contribution < -0.4 is 10.7 Å². The van der Waals surface area contributed by atoms with Gasteiger partial charge < -0.3 is 5.32 Å². The Morgan fingerprint density at radius 3 is 2.00 bits per heavy atom. The number of hydrogen-bond donors (Lipinski definition) is 2. The molecular weight excluding hydrogens is 398 g/mol. The van der Waals surface area contributed by atoms with Crippen molar-refractivity contribution in [1.29, 1.82) is 0 Å². The molecule has 0 aliphatic heterocycles. The second kappa shape index (κ2) is 9.60. The lowest BCUT2D eigenvalue weighted by Crippen LogP contribution is -2.18. The van der Waals surface area contributed by atoms with Gasteiger partial charge >= 0.3 is 0 Å². The summed E-state index contributed by atoms with van der Waals surface area (Å²) in [5.41, 5.74) is 8.62. The predicted molar refractivity (Wildman–Crippen MR) is 131 cm³/mol. The first-order valence-electron chi connectivity index (χ1n) is 10.6. The van der Waals surface area contributed by atoms with E-state index in [4.69, 9.17) is 0 Å². The van der Waals surface area contributed by atoms with Crippen LogP contribution in [-0.2, 0) is 5.41 Å². The van der Waals surface area contributed by atoms with Crippen LogP contribution in [0.1, 0.15) is 63.7 Å². The van der Waals surface area contributed by atoms with Gasteiger partial charge in [-0.15, -0.1) is 0 Å². The van der Waals surface area contributed by atoms with Gasteiger partial charge in [0.1, 0.15) is 0 Å². The van der Waals surface area contributed by atoms with Gasteiger partial charge in [0, 0.05) is 16.8 Å². The number of nitrogens with one attached hydrogen (secondary N) is 2. The van der Waals surface area contributed by atoms with Crippen LogP contribution in [0.3, 0.4) is 0 Å². The minimum Gasteiger partial charge on any atom is -0.322 e. The SMILES string of the molecule is Cc1ccc(/C=N/NC(=O)c2ccc(NC(=O)c3ccc(C(C)(C)C)cc3)cc2)c(C)c1. The highest BCUT2D eigenvalue weighted by molar-refractivity contribution is 6.04. The Hall–Kier alpha value is -3.73. The molecule has 3 aromatic rings. The zero-order valence-corrected chi connectivity index (χ0v) is 19.2. The Morgan fingerprint density at radius 1 is 0.812 bits per heavy atom. The van der Waals surface area contributed by atoms with Crippen molar-refractivity contribution in [2.75, 3.05) is 5.32 Å². The summed E-state index contributed by atoms with van der Waals surface area (Å²) in [6.45, 7) is 10.4. The molecule has 0 bridgehead atoms. The number of amides is 2. The largest absolute Gasteiger partial charge is 0.322 e. The lowest BCUT2D eigenvalue weighted by molar-refractivity contribution is 0.0954. The van der Waals surface area contributed by atoms with Gasteiger partial charge in [-0.1, -0.05) is 56.7 Å². The van der Waals surface area contributed by atoms with Gasteiger partial charge in [0.05, 0.1) is 6.21 Å². The van der Waals surface area contributed by atoms with Crippen LogP contribution in [0, 0.1) is 13.8 Å². The fourth-order valence-electron chi connectivity index (χ4n) is 3.23. The molecule has 32 heavy (non-hydrogen) atoms. The van der Waals surface area contributed by atoms with Crippen LogP contribution in [-0.4, -0.2) is 18.0 Å². The molecule has 3 rings (SSSR count). The molecule has 0 aliphatic rings. The zero-order valence-electron chi connectivity index (χ0n) is 19.2. The monoisotopic (exact) mass is 427 g/mol. The van der Waals surface area contributed by atoms with Crippen molar-refractivity contribution < 1.29 is 9.59 Å². The first-order chi connectivity index (χ1) is 15.1. The zero-order chi connectivity index (χ0) is 23.3. The van der Waals surface area contributed by atoms with Crippen molar-refractivity contribution in [3.05, 3.63) is 100 Å². The van der Waals surface area contributed by atoms with E-state index in [0.29, 0.717) is 16.8 Å². The maximum Gasteiger partial charge on any atom is 0.271 e. The van der Waals surface area contributed by atoms with Crippen LogP contribution >= 0.6 is 0 Å². The molecule has 0 aliphatic carbocycles. The average molecular weight is 428 g/mol. The molecule has 2 amide bonds. The maximum absolute atomic E-state index is 12.5. The van der Waals surface area contributed by atoms with E-state index in [1.807, 2.05) is 50.2 Å². The number of hydrazone groups is 1. The van der Waals surface area contributed by atoms with Crippen molar-refractivity contribution in [3.8, 4) is 0 Å². The summed E-state index contributed by atoms with van der Waals surface area (Å²) in [7, 11) is 0. The summed E-state index contributed by atoms with van der Waals surface area (Å²) in [4.78, 5) is 24.8. The molecule has 0 saturated heterocycles. The number of hydrogen-bond acceptors (Lipinski definition) is 3. The third-order valence-electron chi connectivity index (χ3n) is 5.21. The van der Waals surface area contributed by atoms with E-state index in [1.165, 1.54) is 11.1 Å². The van der Waals surface area contributed by atoms with E-state index in [1.54, 1.807) is 30.5 Å². The highest BCUT2D eigenvalue weighted by Crippen LogP contribution is 2.22. The molecule has 3 aromatic carbocycles. The molecule has 5 heteroatoms. The number of benzene rings is 3. The molecule has 5 nitrogen and oxygen atoms in total. The summed E-state index contributed by atoms with van der Waals surface area (Å²) < 4.78 is 0. The van der Waals surface area contributed by atoms with Crippen LogP contribution in [0.25, 0.3) is 0 Å². The first-order valence-corrected chi connectivity index (χ1v) is 10.6. The Balaban J connectivity index is 1.58. The van der Waals surface area contributed by atoms with E-state index in [0.717, 1.165) is 11.1 Å². The van der Waals surface area contributed by atoms with Crippen LogP contribution in [0.2, 0.25) is 0 Å². The quantitative estimate of drug-likeness (QED) is 0.410. The molecule has 164 valence electrons. The van der Waals surface area contributed by atoms with E-state index < -0.39 is 0 Å². The normalized spacial score (nSPS) is 11.4. The van der Waals surface area contributed by atoms with Crippen LogP contribution in [0.5, 0.6) is 0 Å². The van der Waals surface area contributed by atoms with Gasteiger partial charge in [0.2, 0.25) is 0 Å². The van der Waals surface area contributed by atoms with Crippen molar-refractivity contribution in [2.24, 2.45) is 5.10 Å². The molecule has 0 fully saturated rings. The number of rotatable bonds is 5.